The van der Waals surface area contributed by atoms with E-state index in [9.17, 15) is 14.9 Å². The Morgan fingerprint density at radius 2 is 1.84 bits per heavy atom. The average Bonchev–Trinajstić information content (AvgIpc) is 2.75. The number of nitro benzene ring substituents is 1. The number of aryl methyl sites for hydroxylation is 1. The van der Waals surface area contributed by atoms with Crippen LogP contribution in [-0.4, -0.2) is 40.9 Å². The summed E-state index contributed by atoms with van der Waals surface area (Å²) in [6.45, 7) is 3.88. The third kappa shape index (κ3) is 5.68. The van der Waals surface area contributed by atoms with Crippen LogP contribution < -0.4 is 15.5 Å². The largest absolute Gasteiger partial charge is 0.362 e. The van der Waals surface area contributed by atoms with Gasteiger partial charge >= 0.3 is 0 Å². The van der Waals surface area contributed by atoms with Crippen LogP contribution in [0.1, 0.15) is 49.8 Å². The highest BCUT2D eigenvalue weighted by atomic mass is 16.6. The van der Waals surface area contributed by atoms with Crippen LogP contribution >= 0.6 is 0 Å². The molecule has 1 atom stereocenters. The predicted molar refractivity (Wildman–Crippen MR) is 120 cm³/mol. The van der Waals surface area contributed by atoms with Crippen molar-refractivity contribution in [3.63, 3.8) is 0 Å². The van der Waals surface area contributed by atoms with Gasteiger partial charge in [-0.3, -0.25) is 14.9 Å². The van der Waals surface area contributed by atoms with E-state index in [1.807, 2.05) is 39.0 Å². The fraction of sp³-hybridized carbons (Fsp3) is 0.500. The number of benzene rings is 1. The number of carbonyl (C=O) groups excluding carboxylic acids is 1. The van der Waals surface area contributed by atoms with E-state index in [0.29, 0.717) is 5.95 Å². The summed E-state index contributed by atoms with van der Waals surface area (Å²) < 4.78 is 0. The maximum atomic E-state index is 12.7. The van der Waals surface area contributed by atoms with E-state index < -0.39 is 4.92 Å². The van der Waals surface area contributed by atoms with Crippen LogP contribution in [0.25, 0.3) is 0 Å². The molecule has 2 aromatic rings. The van der Waals surface area contributed by atoms with Crippen molar-refractivity contribution in [3.8, 4) is 0 Å². The maximum Gasteiger partial charge on any atom is 0.269 e. The lowest BCUT2D eigenvalue weighted by molar-refractivity contribution is -0.384. The number of rotatable bonds is 7. The molecule has 1 aromatic heterocycles. The van der Waals surface area contributed by atoms with Crippen LogP contribution in [-0.2, 0) is 4.79 Å². The summed E-state index contributed by atoms with van der Waals surface area (Å²) in [6.07, 6.45) is 5.16. The second kappa shape index (κ2) is 9.72. The first kappa shape index (κ1) is 22.5. The van der Waals surface area contributed by atoms with E-state index in [-0.39, 0.29) is 29.6 Å². The quantitative estimate of drug-likeness (QED) is 0.513. The van der Waals surface area contributed by atoms with E-state index in [0.717, 1.165) is 42.6 Å². The van der Waals surface area contributed by atoms with Gasteiger partial charge in [-0.2, -0.15) is 4.98 Å². The van der Waals surface area contributed by atoms with Crippen molar-refractivity contribution in [2.45, 2.75) is 51.6 Å². The summed E-state index contributed by atoms with van der Waals surface area (Å²) in [5.41, 5.74) is 1.92. The van der Waals surface area contributed by atoms with Crippen molar-refractivity contribution in [2.75, 3.05) is 24.3 Å². The Bertz CT molecular complexity index is 923. The molecular formula is C22H30N6O3. The van der Waals surface area contributed by atoms with Crippen molar-refractivity contribution >= 4 is 23.4 Å². The van der Waals surface area contributed by atoms with E-state index in [1.165, 1.54) is 12.1 Å². The Labute approximate surface area is 182 Å². The fourth-order valence-electron chi connectivity index (χ4n) is 3.94. The van der Waals surface area contributed by atoms with Crippen molar-refractivity contribution < 1.29 is 9.72 Å². The topological polar surface area (TPSA) is 113 Å². The first-order chi connectivity index (χ1) is 14.7. The molecule has 166 valence electrons. The summed E-state index contributed by atoms with van der Waals surface area (Å²) >= 11 is 0. The smallest absolute Gasteiger partial charge is 0.269 e. The molecule has 0 bridgehead atoms. The summed E-state index contributed by atoms with van der Waals surface area (Å²) in [6, 6.07) is 6.34. The van der Waals surface area contributed by atoms with E-state index in [1.54, 1.807) is 12.1 Å². The highest BCUT2D eigenvalue weighted by Crippen LogP contribution is 2.28. The van der Waals surface area contributed by atoms with Crippen LogP contribution in [0.4, 0.5) is 17.5 Å². The zero-order chi connectivity index (χ0) is 22.5. The molecule has 2 N–H and O–H groups in total. The van der Waals surface area contributed by atoms with Gasteiger partial charge in [0.1, 0.15) is 5.82 Å². The zero-order valence-electron chi connectivity index (χ0n) is 18.5. The lowest BCUT2D eigenvalue weighted by Crippen LogP contribution is -2.37. The Balaban J connectivity index is 1.50. The standard InChI is InChI=1S/C22H30N6O3/c1-14-13-23-22(26-20(14)27(3)4)25-18-9-5-17(6-10-18)21(29)24-15(2)16-7-11-19(12-8-16)28(30)31/h7-8,11-13,15,17-18H,5-6,9-10H2,1-4H3,(H,24,29)(H,23,25,26). The highest BCUT2D eigenvalue weighted by Gasteiger charge is 2.27. The first-order valence-corrected chi connectivity index (χ1v) is 10.6. The van der Waals surface area contributed by atoms with Gasteiger partial charge in [0.05, 0.1) is 11.0 Å². The lowest BCUT2D eigenvalue weighted by Gasteiger charge is -2.29. The molecule has 3 rings (SSSR count). The number of nitro groups is 1. The molecular weight excluding hydrogens is 396 g/mol. The minimum absolute atomic E-state index is 0.0326. The third-order valence-electron chi connectivity index (χ3n) is 5.76. The Kier molecular flexibility index (Phi) is 7.04. The van der Waals surface area contributed by atoms with Crippen molar-refractivity contribution in [3.05, 3.63) is 51.7 Å². The number of hydrogen-bond donors (Lipinski definition) is 2. The van der Waals surface area contributed by atoms with E-state index in [4.69, 9.17) is 0 Å². The maximum absolute atomic E-state index is 12.7. The van der Waals surface area contributed by atoms with Gasteiger partial charge < -0.3 is 15.5 Å². The molecule has 1 aliphatic rings. The molecule has 1 unspecified atom stereocenters. The molecule has 31 heavy (non-hydrogen) atoms. The van der Waals surface area contributed by atoms with Crippen LogP contribution in [0.15, 0.2) is 30.5 Å². The van der Waals surface area contributed by atoms with Gasteiger partial charge in [0.2, 0.25) is 11.9 Å². The van der Waals surface area contributed by atoms with Gasteiger partial charge in [0.15, 0.2) is 0 Å². The van der Waals surface area contributed by atoms with Crippen LogP contribution in [0.2, 0.25) is 0 Å². The molecule has 1 heterocycles. The molecule has 0 radical (unpaired) electrons. The van der Waals surface area contributed by atoms with Crippen molar-refractivity contribution in [2.24, 2.45) is 5.92 Å². The van der Waals surface area contributed by atoms with E-state index >= 15 is 0 Å². The fourth-order valence-corrected chi connectivity index (χ4v) is 3.94. The van der Waals surface area contributed by atoms with Crippen molar-refractivity contribution in [1.29, 1.82) is 0 Å². The summed E-state index contributed by atoms with van der Waals surface area (Å²) in [5.74, 6) is 1.51. The third-order valence-corrected chi connectivity index (χ3v) is 5.76. The number of amides is 1. The monoisotopic (exact) mass is 426 g/mol. The van der Waals surface area contributed by atoms with Crippen LogP contribution in [0.5, 0.6) is 0 Å². The second-order valence-electron chi connectivity index (χ2n) is 8.37. The van der Waals surface area contributed by atoms with Gasteiger partial charge in [-0.15, -0.1) is 0 Å². The number of nitrogens with one attached hydrogen (secondary N) is 2. The van der Waals surface area contributed by atoms with Crippen molar-refractivity contribution in [1.82, 2.24) is 15.3 Å². The molecule has 0 spiro atoms. The first-order valence-electron chi connectivity index (χ1n) is 10.6. The van der Waals surface area contributed by atoms with Gasteiger partial charge in [-0.1, -0.05) is 12.1 Å². The minimum atomic E-state index is -0.428. The van der Waals surface area contributed by atoms with Gasteiger partial charge in [-0.25, -0.2) is 4.98 Å². The Morgan fingerprint density at radius 3 is 2.42 bits per heavy atom. The second-order valence-corrected chi connectivity index (χ2v) is 8.37. The molecule has 0 aliphatic heterocycles. The number of anilines is 2. The normalized spacial score (nSPS) is 19.4. The van der Waals surface area contributed by atoms with Gasteiger partial charge in [-0.05, 0) is 45.1 Å². The Hall–Kier alpha value is -3.23. The number of nitrogens with zero attached hydrogens (tertiary/aromatic N) is 4. The molecule has 9 nitrogen and oxygen atoms in total. The molecule has 1 fully saturated rings. The van der Waals surface area contributed by atoms with Gasteiger partial charge in [0.25, 0.3) is 5.69 Å². The summed E-state index contributed by atoms with van der Waals surface area (Å²) in [7, 11) is 3.92. The number of non-ortho nitro benzene ring substituents is 1. The van der Waals surface area contributed by atoms with E-state index in [2.05, 4.69) is 20.6 Å². The number of hydrogen-bond acceptors (Lipinski definition) is 7. The molecule has 1 amide bonds. The number of carbonyl (C=O) groups is 1. The predicted octanol–water partition coefficient (Wildman–Crippen LogP) is 3.61. The lowest BCUT2D eigenvalue weighted by atomic mass is 9.85. The minimum Gasteiger partial charge on any atom is -0.362 e. The molecule has 1 saturated carbocycles. The summed E-state index contributed by atoms with van der Waals surface area (Å²) in [5, 5.41) is 17.2. The summed E-state index contributed by atoms with van der Waals surface area (Å²) in [4.78, 5) is 34.0. The average molecular weight is 427 g/mol. The van der Waals surface area contributed by atoms with Crippen LogP contribution in [0, 0.1) is 23.0 Å². The number of aromatic nitrogens is 2. The zero-order valence-corrected chi connectivity index (χ0v) is 18.5. The Morgan fingerprint density at radius 1 is 1.19 bits per heavy atom. The van der Waals surface area contributed by atoms with Crippen LogP contribution in [0.3, 0.4) is 0 Å². The SMILES string of the molecule is Cc1cnc(NC2CCC(C(=O)NC(C)c3ccc([N+](=O)[O-])cc3)CC2)nc1N(C)C. The highest BCUT2D eigenvalue weighted by molar-refractivity contribution is 5.79. The molecule has 9 heteroatoms. The van der Waals surface area contributed by atoms with Gasteiger partial charge in [0, 0.05) is 49.9 Å². The molecule has 1 aromatic carbocycles. The molecule has 1 aliphatic carbocycles. The molecule has 0 saturated heterocycles.